The molecule has 15 unspecified atom stereocenters. The molecule has 34 nitrogen and oxygen atoms in total. The first kappa shape index (κ1) is 64.1. The molecule has 2 aliphatic carbocycles. The van der Waals surface area contributed by atoms with Crippen molar-refractivity contribution in [2.45, 2.75) is 147 Å². The topological polar surface area (TPSA) is 425 Å². The summed E-state index contributed by atoms with van der Waals surface area (Å²) in [7, 11) is 0. The molecular formula is C54H75N9O25. The third-order valence-corrected chi connectivity index (χ3v) is 16.8. The second-order valence-electron chi connectivity index (χ2n) is 24.3. The first-order valence-electron chi connectivity index (χ1n) is 29.7. The van der Waals surface area contributed by atoms with Crippen molar-refractivity contribution in [1.29, 1.82) is 0 Å². The molecule has 0 radical (unpaired) electrons. The number of aliphatic hydroxyl groups is 4. The highest BCUT2D eigenvalue weighted by atomic mass is 16.6. The molecule has 486 valence electrons. The Balaban J connectivity index is 0.701. The van der Waals surface area contributed by atoms with Crippen LogP contribution in [0.25, 0.3) is 0 Å². The number of aromatic nitrogens is 6. The monoisotopic (exact) mass is 1250 g/mol. The van der Waals surface area contributed by atoms with E-state index in [2.05, 4.69) is 0 Å². The van der Waals surface area contributed by atoms with Gasteiger partial charge in [0.05, 0.1) is 153 Å². The van der Waals surface area contributed by atoms with Gasteiger partial charge in [0.2, 0.25) is 0 Å². The van der Waals surface area contributed by atoms with Gasteiger partial charge in [0.1, 0.15) is 50.8 Å². The average Bonchev–Trinajstić information content (AvgIpc) is 3.00. The van der Waals surface area contributed by atoms with Gasteiger partial charge in [-0.2, -0.15) is 0 Å². The van der Waals surface area contributed by atoms with Crippen LogP contribution in [-0.2, 0) is 101 Å². The van der Waals surface area contributed by atoms with Gasteiger partial charge >= 0.3 is 70.1 Å². The summed E-state index contributed by atoms with van der Waals surface area (Å²) in [6.07, 6.45) is -6.55. The second-order valence-corrected chi connectivity index (χ2v) is 24.3. The van der Waals surface area contributed by atoms with E-state index in [0.29, 0.717) is 48.4 Å². The Kier molecular flexibility index (Phi) is 20.0. The number of aliphatic hydroxyl groups excluding tert-OH is 4. The lowest BCUT2D eigenvalue weighted by molar-refractivity contribution is -0.167. The van der Waals surface area contributed by atoms with Crippen LogP contribution in [0.5, 0.6) is 0 Å². The van der Waals surface area contributed by atoms with E-state index in [1.54, 1.807) is 0 Å². The average molecular weight is 1250 g/mol. The minimum Gasteiger partial charge on any atom is -0.463 e. The number of amides is 4. The first-order chi connectivity index (χ1) is 42.0. The molecule has 4 amide bonds. The van der Waals surface area contributed by atoms with Gasteiger partial charge in [-0.1, -0.05) is 13.8 Å². The van der Waals surface area contributed by atoms with Gasteiger partial charge in [0.15, 0.2) is 0 Å². The van der Waals surface area contributed by atoms with Crippen molar-refractivity contribution in [2.75, 3.05) is 85.8 Å². The Morgan fingerprint density at radius 2 is 0.659 bits per heavy atom. The van der Waals surface area contributed by atoms with Crippen LogP contribution < -0.4 is 34.1 Å². The van der Waals surface area contributed by atoms with E-state index in [1.807, 2.05) is 13.8 Å². The number of epoxide rings is 5. The fourth-order valence-electron chi connectivity index (χ4n) is 11.5. The number of nitrogens with zero attached hydrogens (tertiary/aromatic N) is 9. The van der Waals surface area contributed by atoms with Gasteiger partial charge in [-0.25, -0.2) is 70.7 Å². The number of β-amino-alcohol motifs (C(OH)–C–C–N with tert-alkyl or cyclic N) is 2. The number of imide groups is 1. The summed E-state index contributed by atoms with van der Waals surface area (Å²) in [6.45, 7) is -0.820. The molecule has 2 aromatic heterocycles. The van der Waals surface area contributed by atoms with Crippen molar-refractivity contribution in [2.24, 2.45) is 35.5 Å². The third kappa shape index (κ3) is 15.9. The smallest absolute Gasteiger partial charge is 0.336 e. The van der Waals surface area contributed by atoms with Crippen LogP contribution in [0.15, 0.2) is 28.8 Å². The Morgan fingerprint density at radius 3 is 0.955 bits per heavy atom. The molecular weight excluding hydrogens is 1170 g/mol. The maximum atomic E-state index is 13.7. The fraction of sp³-hybridized carbons (Fsp3) is 0.778. The van der Waals surface area contributed by atoms with Crippen LogP contribution in [-0.4, -0.2) is 239 Å². The van der Waals surface area contributed by atoms with Crippen molar-refractivity contribution in [1.82, 2.24) is 42.1 Å². The van der Waals surface area contributed by atoms with E-state index in [1.165, 1.54) is 0 Å². The van der Waals surface area contributed by atoms with Gasteiger partial charge in [0, 0.05) is 0 Å². The minimum absolute atomic E-state index is 0.0386. The quantitative estimate of drug-likeness (QED) is 0.0322. The lowest BCUT2D eigenvalue weighted by atomic mass is 9.74. The Labute approximate surface area is 499 Å². The van der Waals surface area contributed by atoms with Crippen LogP contribution in [0.4, 0.5) is 9.59 Å². The molecule has 2 saturated carbocycles. The van der Waals surface area contributed by atoms with Gasteiger partial charge in [-0.3, -0.25) is 19.2 Å². The zero-order valence-corrected chi connectivity index (χ0v) is 48.7. The van der Waals surface area contributed by atoms with Crippen molar-refractivity contribution in [3.05, 3.63) is 62.9 Å². The number of urea groups is 2. The van der Waals surface area contributed by atoms with Crippen LogP contribution in [0.3, 0.4) is 0 Å². The SMILES string of the molecule is CC1CCC(C(=O)OCC(O)Cn2c(=O)n(CC3CO3)c(=O)n(CC3CO3)c2=O)C(C(=O)OCC(O)CN2CN(CC(O)COC(=O)C3CCC(C)CC3C(=O)OCC(O)Cn3c(=O)n(CC4CO4)c(=O)n(CC4CO4)c3=O)C(=O)N(CC3CO3)C2=O)C1. The molecule has 88 heavy (non-hydrogen) atoms. The van der Waals surface area contributed by atoms with Gasteiger partial charge in [-0.05, 0) is 50.4 Å². The van der Waals surface area contributed by atoms with E-state index in [9.17, 15) is 78.0 Å². The molecule has 8 fully saturated rings. The highest BCUT2D eigenvalue weighted by molar-refractivity contribution is 5.96. The molecule has 0 aromatic carbocycles. The maximum Gasteiger partial charge on any atom is 0.336 e. The summed E-state index contributed by atoms with van der Waals surface area (Å²) in [5, 5.41) is 44.3. The highest BCUT2D eigenvalue weighted by Gasteiger charge is 2.45. The van der Waals surface area contributed by atoms with Gasteiger partial charge in [0.25, 0.3) is 0 Å². The van der Waals surface area contributed by atoms with E-state index in [0.717, 1.165) is 33.0 Å². The summed E-state index contributed by atoms with van der Waals surface area (Å²) in [5.74, 6) is -7.76. The third-order valence-electron chi connectivity index (χ3n) is 16.8. The maximum absolute atomic E-state index is 13.7. The largest absolute Gasteiger partial charge is 0.463 e. The van der Waals surface area contributed by atoms with E-state index in [4.69, 9.17) is 42.6 Å². The first-order valence-corrected chi connectivity index (χ1v) is 29.7. The Hall–Kier alpha value is -6.92. The lowest BCUT2D eigenvalue weighted by Crippen LogP contribution is -2.63. The standard InChI is InChI=1S/C54H75N9O25/c1-28-4-6-40(44(69)86-20-32(66)11-57-49(74)60(14-35-23-81-35)53(78)61(50(57)75)15-36-24-82-36)41(7-28)45(70)87-19-31(65)10-56-27-55(47(72)59(48(56)73)13-34-22-80-34)9-30(64)18-85-43(68)39-5-3-29(2)8-42(39)46(71)88-21-33(67)12-58-51(76)62(16-37-25-83-37)54(79)63(52(58)77)17-38-26-84-38/h28-42,64-67H,3-27H2,1-2H3. The predicted molar refractivity (Wildman–Crippen MR) is 291 cm³/mol. The Morgan fingerprint density at radius 1 is 0.398 bits per heavy atom. The number of esters is 4. The molecule has 8 aliphatic rings. The van der Waals surface area contributed by atoms with Crippen LogP contribution in [0, 0.1) is 35.5 Å². The molecule has 10 rings (SSSR count). The molecule has 34 heteroatoms. The number of carbonyl (C=O) groups is 6. The molecule has 0 bridgehead atoms. The zero-order chi connectivity index (χ0) is 62.8. The number of hydrogen-bond donors (Lipinski definition) is 4. The Bertz CT molecular complexity index is 3210. The number of hydrogen-bond acceptors (Lipinski definition) is 25. The summed E-state index contributed by atoms with van der Waals surface area (Å²) in [4.78, 5) is 165. The fourth-order valence-corrected chi connectivity index (χ4v) is 11.5. The van der Waals surface area contributed by atoms with Crippen LogP contribution in [0.2, 0.25) is 0 Å². The van der Waals surface area contributed by atoms with E-state index >= 15 is 0 Å². The number of ether oxygens (including phenoxy) is 9. The molecule has 6 aliphatic heterocycles. The van der Waals surface area contributed by atoms with Crippen molar-refractivity contribution < 1.29 is 91.8 Å². The lowest BCUT2D eigenvalue weighted by Gasteiger charge is -2.42. The number of rotatable bonds is 30. The summed E-state index contributed by atoms with van der Waals surface area (Å²) in [5.41, 5.74) is -5.63. The summed E-state index contributed by atoms with van der Waals surface area (Å²) >= 11 is 0. The number of carbonyl (C=O) groups excluding carboxylic acids is 6. The van der Waals surface area contributed by atoms with Crippen molar-refractivity contribution in [3.63, 3.8) is 0 Å². The molecule has 2 aromatic rings. The molecule has 15 atom stereocenters. The summed E-state index contributed by atoms with van der Waals surface area (Å²) in [6, 6.07) is -1.66. The van der Waals surface area contributed by atoms with Gasteiger partial charge in [-0.15, -0.1) is 0 Å². The zero-order valence-electron chi connectivity index (χ0n) is 48.7. The van der Waals surface area contributed by atoms with Crippen molar-refractivity contribution in [3.8, 4) is 0 Å². The molecule has 8 heterocycles. The van der Waals surface area contributed by atoms with Crippen LogP contribution >= 0.6 is 0 Å². The van der Waals surface area contributed by atoms with Gasteiger partial charge < -0.3 is 72.9 Å². The van der Waals surface area contributed by atoms with E-state index in [-0.39, 0.29) is 76.8 Å². The molecule has 0 spiro atoms. The highest BCUT2D eigenvalue weighted by Crippen LogP contribution is 2.37. The molecule has 6 saturated heterocycles. The van der Waals surface area contributed by atoms with E-state index < -0.39 is 208 Å². The summed E-state index contributed by atoms with van der Waals surface area (Å²) < 4.78 is 52.6. The van der Waals surface area contributed by atoms with Crippen LogP contribution in [0.1, 0.15) is 52.4 Å². The molecule has 4 N–H and O–H groups in total. The van der Waals surface area contributed by atoms with Crippen molar-refractivity contribution >= 4 is 35.9 Å². The second kappa shape index (κ2) is 27.4. The predicted octanol–water partition coefficient (Wildman–Crippen LogP) is -5.81. The normalized spacial score (nSPS) is 28.5. The minimum atomic E-state index is -1.59.